The zero-order valence-corrected chi connectivity index (χ0v) is 19.4. The van der Waals surface area contributed by atoms with Crippen molar-refractivity contribution in [3.8, 4) is 22.5 Å². The summed E-state index contributed by atoms with van der Waals surface area (Å²) in [5.74, 6) is 0.559. The molecule has 1 aliphatic heterocycles. The van der Waals surface area contributed by atoms with Crippen LogP contribution in [0.2, 0.25) is 0 Å². The fourth-order valence-corrected chi connectivity index (χ4v) is 4.30. The van der Waals surface area contributed by atoms with Gasteiger partial charge in [0, 0.05) is 45.0 Å². The van der Waals surface area contributed by atoms with E-state index in [1.54, 1.807) is 19.3 Å². The third kappa shape index (κ3) is 4.85. The molecule has 0 saturated carbocycles. The number of hydrogen-bond donors (Lipinski definition) is 1. The van der Waals surface area contributed by atoms with Crippen LogP contribution in [-0.4, -0.2) is 39.2 Å². The van der Waals surface area contributed by atoms with Gasteiger partial charge in [-0.25, -0.2) is 15.0 Å². The summed E-state index contributed by atoms with van der Waals surface area (Å²) in [7, 11) is 1.70. The first kappa shape index (κ1) is 23.7. The fourth-order valence-electron chi connectivity index (χ4n) is 4.30. The molecule has 36 heavy (non-hydrogen) atoms. The van der Waals surface area contributed by atoms with Crippen LogP contribution in [0.15, 0.2) is 78.0 Å². The summed E-state index contributed by atoms with van der Waals surface area (Å²) in [6.07, 6.45) is -1.33. The molecule has 5 rings (SSSR count). The smallest absolute Gasteiger partial charge is 0.339 e. The monoisotopic (exact) mass is 492 g/mol. The molecule has 0 spiro atoms. The van der Waals surface area contributed by atoms with Gasteiger partial charge in [0.2, 0.25) is 5.95 Å². The molecule has 1 fully saturated rings. The van der Waals surface area contributed by atoms with Gasteiger partial charge < -0.3 is 10.2 Å². The highest BCUT2D eigenvalue weighted by Crippen LogP contribution is 2.31. The van der Waals surface area contributed by atoms with Crippen LogP contribution in [0.25, 0.3) is 22.5 Å². The van der Waals surface area contributed by atoms with E-state index in [1.807, 2.05) is 24.3 Å². The van der Waals surface area contributed by atoms with Crippen molar-refractivity contribution in [2.75, 3.05) is 24.5 Å². The quantitative estimate of drug-likeness (QED) is 0.463. The van der Waals surface area contributed by atoms with Crippen molar-refractivity contribution in [1.29, 1.82) is 0 Å². The standard InChI is InChI=1S/C26H23F3N6O/c1-34-24(36)14-22(21-10-11-30-16-32-21)33-25(34)35-13-12-31-23(15-35)19-4-2-17(3-5-19)18-6-8-20(9-7-18)26(27,28)29/h2-11,14,16,23,31H,12-13,15H2,1H3/t23-/m1/s1. The molecular formula is C26H23F3N6O. The SMILES string of the molecule is Cn1c(N2CCN[C@@H](c3ccc(-c4ccc(C(F)(F)F)cc4)cc3)C2)nc(-c2ccncn2)cc1=O. The number of anilines is 1. The van der Waals surface area contributed by atoms with Crippen LogP contribution >= 0.6 is 0 Å². The van der Waals surface area contributed by atoms with Gasteiger partial charge in [0.15, 0.2) is 0 Å². The number of benzene rings is 2. The molecule has 0 aliphatic carbocycles. The Labute approximate surface area is 205 Å². The average molecular weight is 493 g/mol. The van der Waals surface area contributed by atoms with Crippen LogP contribution < -0.4 is 15.8 Å². The number of nitrogens with zero attached hydrogens (tertiary/aromatic N) is 5. The summed E-state index contributed by atoms with van der Waals surface area (Å²) in [5, 5.41) is 3.50. The van der Waals surface area contributed by atoms with E-state index in [1.165, 1.54) is 29.1 Å². The molecular weight excluding hydrogens is 469 g/mol. The second kappa shape index (κ2) is 9.54. The van der Waals surface area contributed by atoms with Crippen molar-refractivity contribution >= 4 is 5.95 Å². The minimum Gasteiger partial charge on any atom is -0.339 e. The molecule has 1 N–H and O–H groups in total. The van der Waals surface area contributed by atoms with Crippen LogP contribution in [0, 0.1) is 0 Å². The average Bonchev–Trinajstić information content (AvgIpc) is 2.90. The van der Waals surface area contributed by atoms with Crippen molar-refractivity contribution in [2.45, 2.75) is 12.2 Å². The Bertz CT molecular complexity index is 1400. The van der Waals surface area contributed by atoms with Gasteiger partial charge in [0.25, 0.3) is 5.56 Å². The molecule has 0 amide bonds. The van der Waals surface area contributed by atoms with Gasteiger partial charge in [-0.2, -0.15) is 13.2 Å². The highest BCUT2D eigenvalue weighted by Gasteiger charge is 2.30. The third-order valence-electron chi connectivity index (χ3n) is 6.27. The Hall–Kier alpha value is -4.05. The molecule has 7 nitrogen and oxygen atoms in total. The summed E-state index contributed by atoms with van der Waals surface area (Å²) >= 11 is 0. The Morgan fingerprint density at radius 3 is 2.31 bits per heavy atom. The Balaban J connectivity index is 1.36. The molecule has 0 bridgehead atoms. The first-order valence-corrected chi connectivity index (χ1v) is 11.4. The molecule has 184 valence electrons. The number of nitrogens with one attached hydrogen (secondary N) is 1. The van der Waals surface area contributed by atoms with Crippen LogP contribution in [0.5, 0.6) is 0 Å². The number of hydrogen-bond acceptors (Lipinski definition) is 6. The first-order valence-electron chi connectivity index (χ1n) is 11.4. The van der Waals surface area contributed by atoms with Gasteiger partial charge in [0.1, 0.15) is 6.33 Å². The number of alkyl halides is 3. The van der Waals surface area contributed by atoms with E-state index in [0.717, 1.165) is 23.3 Å². The zero-order chi connectivity index (χ0) is 25.3. The van der Waals surface area contributed by atoms with Crippen LogP contribution in [0.3, 0.4) is 0 Å². The Morgan fingerprint density at radius 1 is 0.972 bits per heavy atom. The lowest BCUT2D eigenvalue weighted by Gasteiger charge is -2.35. The maximum Gasteiger partial charge on any atom is 0.416 e. The van der Waals surface area contributed by atoms with Crippen molar-refractivity contribution in [3.05, 3.63) is 94.7 Å². The molecule has 4 aromatic rings. The molecule has 2 aromatic carbocycles. The van der Waals surface area contributed by atoms with Crippen LogP contribution in [0.1, 0.15) is 17.2 Å². The highest BCUT2D eigenvalue weighted by atomic mass is 19.4. The molecule has 0 unspecified atom stereocenters. The van der Waals surface area contributed by atoms with Crippen molar-refractivity contribution in [2.24, 2.45) is 7.05 Å². The summed E-state index contributed by atoms with van der Waals surface area (Å²) in [6, 6.07) is 16.1. The summed E-state index contributed by atoms with van der Waals surface area (Å²) in [5.41, 5.74) is 2.81. The molecule has 1 saturated heterocycles. The Kier molecular flexibility index (Phi) is 6.27. The van der Waals surface area contributed by atoms with Gasteiger partial charge >= 0.3 is 6.18 Å². The van der Waals surface area contributed by atoms with E-state index in [9.17, 15) is 18.0 Å². The molecule has 1 aliphatic rings. The predicted molar refractivity (Wildman–Crippen MR) is 130 cm³/mol. The minimum absolute atomic E-state index is 0.0139. The summed E-state index contributed by atoms with van der Waals surface area (Å²) in [6.45, 7) is 1.96. The summed E-state index contributed by atoms with van der Waals surface area (Å²) in [4.78, 5) is 27.6. The van der Waals surface area contributed by atoms with E-state index in [4.69, 9.17) is 4.98 Å². The van der Waals surface area contributed by atoms with Gasteiger partial charge in [0.05, 0.1) is 17.0 Å². The molecule has 1 atom stereocenters. The number of aromatic nitrogens is 4. The number of halogens is 3. The Morgan fingerprint density at radius 2 is 1.67 bits per heavy atom. The zero-order valence-electron chi connectivity index (χ0n) is 19.4. The first-order chi connectivity index (χ1) is 17.3. The van der Waals surface area contributed by atoms with E-state index >= 15 is 0 Å². The molecule has 0 radical (unpaired) electrons. The van der Waals surface area contributed by atoms with Gasteiger partial charge in [-0.05, 0) is 34.9 Å². The van der Waals surface area contributed by atoms with E-state index in [2.05, 4.69) is 20.2 Å². The largest absolute Gasteiger partial charge is 0.416 e. The molecule has 3 heterocycles. The van der Waals surface area contributed by atoms with Crippen molar-refractivity contribution in [1.82, 2.24) is 24.8 Å². The fraction of sp³-hybridized carbons (Fsp3) is 0.231. The third-order valence-corrected chi connectivity index (χ3v) is 6.27. The lowest BCUT2D eigenvalue weighted by molar-refractivity contribution is -0.137. The number of piperazine rings is 1. The minimum atomic E-state index is -4.35. The van der Waals surface area contributed by atoms with Crippen molar-refractivity contribution < 1.29 is 13.2 Å². The normalized spacial score (nSPS) is 16.2. The maximum atomic E-state index is 12.9. The van der Waals surface area contributed by atoms with E-state index in [-0.39, 0.29) is 11.6 Å². The van der Waals surface area contributed by atoms with Crippen LogP contribution in [0.4, 0.5) is 19.1 Å². The molecule has 2 aromatic heterocycles. The second-order valence-corrected chi connectivity index (χ2v) is 8.58. The summed E-state index contributed by atoms with van der Waals surface area (Å²) < 4.78 is 40.1. The van der Waals surface area contributed by atoms with E-state index < -0.39 is 11.7 Å². The van der Waals surface area contributed by atoms with Gasteiger partial charge in [-0.1, -0.05) is 36.4 Å². The maximum absolute atomic E-state index is 12.9. The second-order valence-electron chi connectivity index (χ2n) is 8.58. The number of rotatable bonds is 4. The topological polar surface area (TPSA) is 75.9 Å². The van der Waals surface area contributed by atoms with Crippen molar-refractivity contribution in [3.63, 3.8) is 0 Å². The van der Waals surface area contributed by atoms with Gasteiger partial charge in [-0.15, -0.1) is 0 Å². The van der Waals surface area contributed by atoms with E-state index in [0.29, 0.717) is 42.5 Å². The highest BCUT2D eigenvalue weighted by molar-refractivity contribution is 5.64. The molecule has 10 heteroatoms. The predicted octanol–water partition coefficient (Wildman–Crippen LogP) is 4.07. The lowest BCUT2D eigenvalue weighted by Crippen LogP contribution is -2.47. The lowest BCUT2D eigenvalue weighted by atomic mass is 9.99. The van der Waals surface area contributed by atoms with Crippen LogP contribution in [-0.2, 0) is 13.2 Å². The van der Waals surface area contributed by atoms with Gasteiger partial charge in [-0.3, -0.25) is 9.36 Å².